The number of aliphatic hydroxyl groups excluding tert-OH is 2. The predicted molar refractivity (Wildman–Crippen MR) is 167 cm³/mol. The highest BCUT2D eigenvalue weighted by Crippen LogP contribution is 2.56. The molecule has 238 valence electrons. The number of carbonyl (C=O) groups is 3. The van der Waals surface area contributed by atoms with Gasteiger partial charge < -0.3 is 31.5 Å². The van der Waals surface area contributed by atoms with Crippen LogP contribution in [0.4, 0.5) is 5.69 Å². The number of hydrogen-bond donors (Lipinski definition) is 6. The molecule has 0 aromatic heterocycles. The van der Waals surface area contributed by atoms with Gasteiger partial charge in [-0.3, -0.25) is 24.2 Å². The highest BCUT2D eigenvalue weighted by Gasteiger charge is 2.64. The molecule has 1 aliphatic heterocycles. The van der Waals surface area contributed by atoms with Gasteiger partial charge in [0.1, 0.15) is 22.8 Å². The molecular weight excluding hydrogens is 576 g/mol. The van der Waals surface area contributed by atoms with E-state index in [0.29, 0.717) is 11.3 Å². The maximum absolute atomic E-state index is 14.1. The van der Waals surface area contributed by atoms with Gasteiger partial charge in [-0.15, -0.1) is 0 Å². The Balaban J connectivity index is 1.30. The Hall–Kier alpha value is -4.19. The van der Waals surface area contributed by atoms with Gasteiger partial charge in [0, 0.05) is 37.2 Å². The molecule has 2 aromatic carbocycles. The number of fused-ring (bicyclic) bond motifs is 3. The fourth-order valence-electron chi connectivity index (χ4n) is 7.96. The lowest BCUT2D eigenvalue weighted by atomic mass is 9.56. The van der Waals surface area contributed by atoms with Crippen LogP contribution in [0.1, 0.15) is 53.6 Å². The maximum Gasteiger partial charge on any atom is 0.255 e. The maximum atomic E-state index is 14.1. The molecular formula is C34H40N4O7. The van der Waals surface area contributed by atoms with Crippen molar-refractivity contribution in [2.24, 2.45) is 17.6 Å². The number of likely N-dealkylation sites (tertiary alicyclic amines) is 1. The number of aromatic hydroxyl groups is 1. The van der Waals surface area contributed by atoms with E-state index in [-0.39, 0.29) is 35.3 Å². The molecule has 0 saturated carbocycles. The first-order chi connectivity index (χ1) is 21.4. The lowest BCUT2D eigenvalue weighted by molar-refractivity contribution is -0.148. The summed E-state index contributed by atoms with van der Waals surface area (Å²) in [5.41, 5.74) is 4.03. The largest absolute Gasteiger partial charge is 0.510 e. The van der Waals surface area contributed by atoms with Crippen molar-refractivity contribution < 1.29 is 34.8 Å². The van der Waals surface area contributed by atoms with Gasteiger partial charge in [-0.1, -0.05) is 43.3 Å². The molecule has 7 N–H and O–H groups in total. The number of nitrogens with zero attached hydrogens (tertiary/aromatic N) is 2. The number of primary amides is 1. The van der Waals surface area contributed by atoms with Crippen LogP contribution in [0.15, 0.2) is 65.1 Å². The van der Waals surface area contributed by atoms with Crippen LogP contribution in [0.3, 0.4) is 0 Å². The molecule has 1 heterocycles. The van der Waals surface area contributed by atoms with Crippen LogP contribution in [0.25, 0.3) is 0 Å². The number of amides is 1. The number of piperidine rings is 1. The fraction of sp³-hybridized carbons (Fsp3) is 0.441. The van der Waals surface area contributed by atoms with E-state index >= 15 is 0 Å². The lowest BCUT2D eigenvalue weighted by Crippen LogP contribution is -2.64. The van der Waals surface area contributed by atoms with Gasteiger partial charge in [0.05, 0.1) is 17.3 Å². The van der Waals surface area contributed by atoms with Crippen molar-refractivity contribution >= 4 is 23.2 Å². The van der Waals surface area contributed by atoms with E-state index in [2.05, 4.69) is 22.3 Å². The average molecular weight is 617 g/mol. The molecule has 6 rings (SSSR count). The Labute approximate surface area is 261 Å². The topological polar surface area (TPSA) is 177 Å². The molecule has 11 nitrogen and oxygen atoms in total. The van der Waals surface area contributed by atoms with Crippen molar-refractivity contribution in [2.45, 2.75) is 56.3 Å². The SMILES string of the molecule is C[C@H]1c2ccc(NC3CCN(Cc4ccccc4)CC3)c(O)c2C(=O)C2=C(O)[C@]3(O)C(=O)C(C(N)=O)=C(O)[C@@H](N(C)C)[C@@H]3C[C@@H]21. The zero-order valence-corrected chi connectivity index (χ0v) is 25.7. The zero-order chi connectivity index (χ0) is 32.4. The minimum absolute atomic E-state index is 0.00907. The summed E-state index contributed by atoms with van der Waals surface area (Å²) in [6.07, 6.45) is 1.73. The third-order valence-electron chi connectivity index (χ3n) is 10.3. The molecule has 4 aliphatic rings. The van der Waals surface area contributed by atoms with Crippen molar-refractivity contribution in [2.75, 3.05) is 32.5 Å². The van der Waals surface area contributed by atoms with Crippen LogP contribution in [0.2, 0.25) is 0 Å². The number of phenols is 1. The fourth-order valence-corrected chi connectivity index (χ4v) is 7.96. The normalized spacial score (nSPS) is 29.0. The number of carbonyl (C=O) groups excluding carboxylic acids is 3. The third kappa shape index (κ3) is 4.81. The molecule has 1 saturated heterocycles. The number of benzene rings is 2. The Bertz CT molecular complexity index is 1630. The summed E-state index contributed by atoms with van der Waals surface area (Å²) in [5, 5.41) is 49.2. The smallest absolute Gasteiger partial charge is 0.255 e. The van der Waals surface area contributed by atoms with Crippen LogP contribution >= 0.6 is 0 Å². The van der Waals surface area contributed by atoms with E-state index in [9.17, 15) is 34.8 Å². The summed E-state index contributed by atoms with van der Waals surface area (Å²) in [5.74, 6) is -6.95. The van der Waals surface area contributed by atoms with Gasteiger partial charge in [-0.05, 0) is 62.4 Å². The number of hydrogen-bond acceptors (Lipinski definition) is 10. The molecule has 5 atom stereocenters. The molecule has 1 amide bonds. The van der Waals surface area contributed by atoms with Gasteiger partial charge in [0.25, 0.3) is 5.91 Å². The van der Waals surface area contributed by atoms with Crippen LogP contribution in [0, 0.1) is 11.8 Å². The monoisotopic (exact) mass is 616 g/mol. The number of nitrogens with one attached hydrogen (secondary N) is 1. The first-order valence-corrected chi connectivity index (χ1v) is 15.4. The standard InChI is InChI=1S/C34H40N4O7/c1-17-20-9-10-23(36-19-11-13-38(14-12-19)16-18-7-5-4-6-8-18)28(39)24(20)29(40)25-21(17)15-22-27(37(2)3)30(41)26(33(35)44)32(43)34(22,45)31(25)42/h4-10,17,19,21-22,27,36,39,41-42,45H,11-16H2,1-3H3,(H2,35,44)/t17-,21+,22-,27-,34-/m0/s1. The summed E-state index contributed by atoms with van der Waals surface area (Å²) in [6.45, 7) is 4.47. The Morgan fingerprint density at radius 3 is 2.36 bits per heavy atom. The summed E-state index contributed by atoms with van der Waals surface area (Å²) in [7, 11) is 3.22. The molecule has 45 heavy (non-hydrogen) atoms. The lowest BCUT2D eigenvalue weighted by Gasteiger charge is -2.51. The van der Waals surface area contributed by atoms with Crippen LogP contribution in [-0.2, 0) is 16.1 Å². The quantitative estimate of drug-likeness (QED) is 0.209. The molecule has 1 fully saturated rings. The highest BCUT2D eigenvalue weighted by molar-refractivity contribution is 6.25. The van der Waals surface area contributed by atoms with Crippen molar-refractivity contribution in [3.8, 4) is 5.75 Å². The highest BCUT2D eigenvalue weighted by atomic mass is 16.3. The summed E-state index contributed by atoms with van der Waals surface area (Å²) >= 11 is 0. The van der Waals surface area contributed by atoms with E-state index in [1.54, 1.807) is 26.2 Å². The summed E-state index contributed by atoms with van der Waals surface area (Å²) in [6, 6.07) is 12.9. The number of phenolic OH excluding ortho intramolecular Hbond substituents is 1. The first kappa shape index (κ1) is 30.8. The van der Waals surface area contributed by atoms with Gasteiger partial charge >= 0.3 is 0 Å². The van der Waals surface area contributed by atoms with Gasteiger partial charge in [-0.25, -0.2) is 0 Å². The second-order valence-electron chi connectivity index (χ2n) is 13.1. The van der Waals surface area contributed by atoms with E-state index in [1.807, 2.05) is 25.1 Å². The van der Waals surface area contributed by atoms with Crippen LogP contribution in [-0.4, -0.2) is 92.6 Å². The molecule has 3 aliphatic carbocycles. The van der Waals surface area contributed by atoms with E-state index < -0.39 is 58.0 Å². The van der Waals surface area contributed by atoms with E-state index in [1.165, 1.54) is 10.5 Å². The molecule has 2 aromatic rings. The number of likely N-dealkylation sites (N-methyl/N-ethyl adjacent to an activating group) is 1. The number of nitrogens with two attached hydrogens (primary N) is 1. The number of Topliss-reactive ketones (excluding diaryl/α,β-unsaturated/α-hetero) is 2. The Morgan fingerprint density at radius 1 is 1.07 bits per heavy atom. The average Bonchev–Trinajstić information content (AvgIpc) is 2.99. The molecule has 0 radical (unpaired) electrons. The van der Waals surface area contributed by atoms with Gasteiger partial charge in [0.2, 0.25) is 5.78 Å². The van der Waals surface area contributed by atoms with E-state index in [0.717, 1.165) is 32.5 Å². The number of allylic oxidation sites excluding steroid dienone is 1. The van der Waals surface area contributed by atoms with Crippen LogP contribution < -0.4 is 11.1 Å². The number of anilines is 1. The summed E-state index contributed by atoms with van der Waals surface area (Å²) in [4.78, 5) is 43.8. The molecule has 11 heteroatoms. The van der Waals surface area contributed by atoms with Gasteiger partial charge in [0.15, 0.2) is 11.4 Å². The Kier molecular flexibility index (Phi) is 7.75. The Morgan fingerprint density at radius 2 is 1.73 bits per heavy atom. The van der Waals surface area contributed by atoms with Gasteiger partial charge in [-0.2, -0.15) is 0 Å². The predicted octanol–water partition coefficient (Wildman–Crippen LogP) is 2.76. The number of aliphatic hydroxyl groups is 3. The molecule has 0 bridgehead atoms. The van der Waals surface area contributed by atoms with E-state index in [4.69, 9.17) is 5.73 Å². The van der Waals surface area contributed by atoms with Crippen molar-refractivity contribution in [3.05, 3.63) is 81.8 Å². The number of rotatable bonds is 6. The van der Waals surface area contributed by atoms with Crippen molar-refractivity contribution in [1.29, 1.82) is 0 Å². The number of ketones is 2. The van der Waals surface area contributed by atoms with Crippen LogP contribution in [0.5, 0.6) is 5.75 Å². The second kappa shape index (κ2) is 11.3. The minimum Gasteiger partial charge on any atom is -0.510 e. The first-order valence-electron chi connectivity index (χ1n) is 15.4. The van der Waals surface area contributed by atoms with Crippen molar-refractivity contribution in [3.63, 3.8) is 0 Å². The second-order valence-corrected chi connectivity index (χ2v) is 13.1. The minimum atomic E-state index is -2.66. The molecule has 0 spiro atoms. The third-order valence-corrected chi connectivity index (χ3v) is 10.3. The molecule has 0 unspecified atom stereocenters. The summed E-state index contributed by atoms with van der Waals surface area (Å²) < 4.78 is 0. The van der Waals surface area contributed by atoms with Crippen molar-refractivity contribution in [1.82, 2.24) is 9.80 Å². The zero-order valence-electron chi connectivity index (χ0n) is 25.7.